The van der Waals surface area contributed by atoms with Crippen molar-refractivity contribution < 1.29 is 32.3 Å². The van der Waals surface area contributed by atoms with Crippen LogP contribution in [0.25, 0.3) is 11.3 Å². The highest BCUT2D eigenvalue weighted by atomic mass is 127. The minimum Gasteiger partial charge on any atom is -0.466 e. The van der Waals surface area contributed by atoms with Gasteiger partial charge in [-0.3, -0.25) is 10.3 Å². The van der Waals surface area contributed by atoms with E-state index < -0.39 is 27.6 Å². The van der Waals surface area contributed by atoms with E-state index in [0.717, 1.165) is 25.8 Å². The number of sulfonamides is 1. The average Bonchev–Trinajstić information content (AvgIpc) is 3.71. The van der Waals surface area contributed by atoms with Crippen LogP contribution in [0.1, 0.15) is 33.9 Å². The number of carbonyl (C=O) groups excluding carboxylic acids is 1. The van der Waals surface area contributed by atoms with E-state index in [1.165, 1.54) is 11.4 Å². The van der Waals surface area contributed by atoms with E-state index in [4.69, 9.17) is 19.0 Å². The van der Waals surface area contributed by atoms with Crippen LogP contribution in [0.2, 0.25) is 0 Å². The number of hydroxylamine groups is 1. The van der Waals surface area contributed by atoms with Gasteiger partial charge in [-0.05, 0) is 87.7 Å². The SMILES string of the molecule is COC(=O)[C@@]1([C@H]2c3cc4c(cc3C(c3ccccc3)=C(I)CN2S(=O)(=O)c2ccc(C)cc2)OCO4)C=C(c2ccccc2)NO1. The molecule has 2 atom stereocenters. The van der Waals surface area contributed by atoms with Gasteiger partial charge in [0, 0.05) is 10.1 Å². The topological polar surface area (TPSA) is 103 Å². The van der Waals surface area contributed by atoms with Crippen molar-refractivity contribution in [2.45, 2.75) is 23.5 Å². The average molecular weight is 749 g/mol. The van der Waals surface area contributed by atoms with E-state index in [9.17, 15) is 13.2 Å². The Morgan fingerprint density at radius 2 is 1.57 bits per heavy atom. The predicted octanol–water partition coefficient (Wildman–Crippen LogP) is 6.15. The van der Waals surface area contributed by atoms with Crippen LogP contribution in [0.15, 0.2) is 112 Å². The van der Waals surface area contributed by atoms with Gasteiger partial charge in [-0.1, -0.05) is 78.4 Å². The van der Waals surface area contributed by atoms with Crippen molar-refractivity contribution in [1.82, 2.24) is 9.79 Å². The van der Waals surface area contributed by atoms with Crippen molar-refractivity contribution in [1.29, 1.82) is 0 Å². The summed E-state index contributed by atoms with van der Waals surface area (Å²) >= 11 is 2.20. The van der Waals surface area contributed by atoms with Gasteiger partial charge in [-0.25, -0.2) is 13.2 Å². The van der Waals surface area contributed by atoms with Crippen LogP contribution in [0.5, 0.6) is 11.5 Å². The maximum Gasteiger partial charge on any atom is 0.347 e. The number of ether oxygens (including phenoxy) is 3. The highest BCUT2D eigenvalue weighted by molar-refractivity contribution is 14.1. The summed E-state index contributed by atoms with van der Waals surface area (Å²) in [6.45, 7) is 1.83. The zero-order valence-corrected chi connectivity index (χ0v) is 27.9. The smallest absolute Gasteiger partial charge is 0.347 e. The third kappa shape index (κ3) is 5.07. The number of methoxy groups -OCH3 is 1. The Morgan fingerprint density at radius 1 is 0.935 bits per heavy atom. The van der Waals surface area contributed by atoms with Crippen molar-refractivity contribution in [3.05, 3.63) is 135 Å². The molecule has 4 aromatic rings. The number of halogens is 1. The van der Waals surface area contributed by atoms with Crippen molar-refractivity contribution in [2.24, 2.45) is 0 Å². The number of fused-ring (bicyclic) bond motifs is 2. The molecule has 4 aromatic carbocycles. The molecular weight excluding hydrogens is 719 g/mol. The maximum absolute atomic E-state index is 14.9. The van der Waals surface area contributed by atoms with Gasteiger partial charge >= 0.3 is 5.97 Å². The summed E-state index contributed by atoms with van der Waals surface area (Å²) in [5.74, 6) is 0.170. The highest BCUT2D eigenvalue weighted by Crippen LogP contribution is 2.52. The maximum atomic E-state index is 14.9. The molecule has 11 heteroatoms. The molecule has 0 amide bonds. The highest BCUT2D eigenvalue weighted by Gasteiger charge is 2.58. The number of rotatable bonds is 6. The molecule has 46 heavy (non-hydrogen) atoms. The third-order valence-electron chi connectivity index (χ3n) is 8.34. The van der Waals surface area contributed by atoms with Crippen LogP contribution in [0.3, 0.4) is 0 Å². The van der Waals surface area contributed by atoms with Crippen molar-refractivity contribution in [3.63, 3.8) is 0 Å². The Bertz CT molecular complexity index is 2000. The van der Waals surface area contributed by atoms with Crippen molar-refractivity contribution in [2.75, 3.05) is 20.4 Å². The molecule has 7 rings (SSSR count). The Labute approximate surface area is 280 Å². The molecule has 3 aliphatic heterocycles. The standard InChI is InChI=1S/C35H29IN2O7S/c1-22-13-15-25(16-14-22)46(40,41)38-20-28(36)32(24-11-7-4-8-12-24)26-17-30-31(44-21-43-30)18-27(26)33(38)35(34(39)42-2)19-29(37-45-35)23-9-5-3-6-10-23/h3-19,33,37H,20-21H2,1-2H3/t33-,35+/m1/s1. The number of carbonyl (C=O) groups is 1. The van der Waals surface area contributed by atoms with E-state index in [2.05, 4.69) is 28.1 Å². The molecule has 0 aromatic heterocycles. The second kappa shape index (κ2) is 11.9. The lowest BCUT2D eigenvalue weighted by Gasteiger charge is -2.39. The molecule has 0 saturated heterocycles. The van der Waals surface area contributed by atoms with Gasteiger partial charge in [0.25, 0.3) is 0 Å². The lowest BCUT2D eigenvalue weighted by atomic mass is 9.83. The van der Waals surface area contributed by atoms with Crippen LogP contribution < -0.4 is 15.0 Å². The lowest BCUT2D eigenvalue weighted by molar-refractivity contribution is -0.172. The molecule has 0 spiro atoms. The van der Waals surface area contributed by atoms with Gasteiger partial charge < -0.3 is 14.2 Å². The Hall–Kier alpha value is -4.17. The van der Waals surface area contributed by atoms with Crippen LogP contribution in [0, 0.1) is 6.92 Å². The Kier molecular flexibility index (Phi) is 7.87. The molecular formula is C35H29IN2O7S. The van der Waals surface area contributed by atoms with E-state index in [1.807, 2.05) is 73.7 Å². The van der Waals surface area contributed by atoms with Crippen molar-refractivity contribution >= 4 is 49.9 Å². The van der Waals surface area contributed by atoms with Crippen LogP contribution in [-0.4, -0.2) is 44.7 Å². The minimum absolute atomic E-state index is 0.00794. The lowest BCUT2D eigenvalue weighted by Crippen LogP contribution is -2.54. The van der Waals surface area contributed by atoms with Crippen LogP contribution in [0.4, 0.5) is 0 Å². The molecule has 0 saturated carbocycles. The van der Waals surface area contributed by atoms with E-state index in [-0.39, 0.29) is 18.2 Å². The summed E-state index contributed by atoms with van der Waals surface area (Å²) < 4.78 is 48.8. The summed E-state index contributed by atoms with van der Waals surface area (Å²) in [5, 5.41) is 0. The van der Waals surface area contributed by atoms with Gasteiger partial charge in [0.15, 0.2) is 11.5 Å². The van der Waals surface area contributed by atoms with Gasteiger partial charge in [0.2, 0.25) is 22.4 Å². The van der Waals surface area contributed by atoms with E-state index in [0.29, 0.717) is 28.3 Å². The van der Waals surface area contributed by atoms with E-state index in [1.54, 1.807) is 36.4 Å². The molecule has 9 nitrogen and oxygen atoms in total. The summed E-state index contributed by atoms with van der Waals surface area (Å²) in [4.78, 5) is 20.5. The Morgan fingerprint density at radius 3 is 2.22 bits per heavy atom. The zero-order chi connectivity index (χ0) is 32.1. The normalized spacial score (nSPS) is 20.8. The fourth-order valence-corrected chi connectivity index (χ4v) is 8.92. The monoisotopic (exact) mass is 748 g/mol. The molecule has 1 N–H and O–H groups in total. The minimum atomic E-state index is -4.27. The molecule has 0 aliphatic carbocycles. The fraction of sp³-hybridized carbons (Fsp3) is 0.171. The van der Waals surface area contributed by atoms with Crippen LogP contribution >= 0.6 is 22.6 Å². The largest absolute Gasteiger partial charge is 0.466 e. The summed E-state index contributed by atoms with van der Waals surface area (Å²) in [7, 11) is -3.01. The van der Waals surface area contributed by atoms with E-state index >= 15 is 0 Å². The Balaban J connectivity index is 1.56. The quantitative estimate of drug-likeness (QED) is 0.185. The summed E-state index contributed by atoms with van der Waals surface area (Å²) in [6.07, 6.45) is 1.62. The molecule has 0 bridgehead atoms. The number of hydrogen-bond acceptors (Lipinski definition) is 8. The number of benzene rings is 4. The second-order valence-electron chi connectivity index (χ2n) is 11.1. The van der Waals surface area contributed by atoms with Gasteiger partial charge in [-0.2, -0.15) is 4.31 Å². The van der Waals surface area contributed by atoms with Gasteiger partial charge in [0.05, 0.1) is 23.7 Å². The first-order valence-corrected chi connectivity index (χ1v) is 17.0. The number of esters is 1. The number of nitrogens with zero attached hydrogens (tertiary/aromatic N) is 1. The molecule has 0 unspecified atom stereocenters. The first-order chi connectivity index (χ1) is 22.2. The third-order valence-corrected chi connectivity index (χ3v) is 11.0. The number of aryl methyl sites for hydroxylation is 1. The first kappa shape index (κ1) is 30.5. The molecule has 3 heterocycles. The summed E-state index contributed by atoms with van der Waals surface area (Å²) in [6, 6.07) is 28.1. The molecule has 3 aliphatic rings. The predicted molar refractivity (Wildman–Crippen MR) is 180 cm³/mol. The van der Waals surface area contributed by atoms with Crippen LogP contribution in [-0.2, 0) is 24.4 Å². The summed E-state index contributed by atoms with van der Waals surface area (Å²) in [5.41, 5.74) is 5.97. The first-order valence-electron chi connectivity index (χ1n) is 14.5. The number of nitrogens with one attached hydrogen (secondary N) is 1. The molecule has 234 valence electrons. The molecule has 0 radical (unpaired) electrons. The van der Waals surface area contributed by atoms with Gasteiger partial charge in [-0.15, -0.1) is 0 Å². The van der Waals surface area contributed by atoms with Gasteiger partial charge in [0.1, 0.15) is 0 Å². The number of hydrogen-bond donors (Lipinski definition) is 1. The molecule has 0 fully saturated rings. The van der Waals surface area contributed by atoms with Crippen molar-refractivity contribution in [3.8, 4) is 11.5 Å². The zero-order valence-electron chi connectivity index (χ0n) is 24.9. The fourth-order valence-electron chi connectivity index (χ4n) is 6.12. The second-order valence-corrected chi connectivity index (χ2v) is 14.3.